The standard InChI is InChI=1S/C10H9Cl2NO2/c1-15-10(14)8-6(5-2-3-5)4-7(11)13-9(8)12/h4-5H,2-3H2,1H3. The summed E-state index contributed by atoms with van der Waals surface area (Å²) in [6.07, 6.45) is 2.11. The summed E-state index contributed by atoms with van der Waals surface area (Å²) in [6.45, 7) is 0. The highest BCUT2D eigenvalue weighted by atomic mass is 35.5. The summed E-state index contributed by atoms with van der Waals surface area (Å²) in [5.41, 5.74) is 1.21. The number of rotatable bonds is 2. The zero-order valence-corrected chi connectivity index (χ0v) is 9.60. The molecule has 1 aliphatic carbocycles. The molecule has 1 saturated carbocycles. The Kier molecular flexibility index (Phi) is 2.85. The molecule has 5 heteroatoms. The van der Waals surface area contributed by atoms with E-state index in [2.05, 4.69) is 9.72 Å². The highest BCUT2D eigenvalue weighted by Crippen LogP contribution is 2.43. The molecule has 0 spiro atoms. The molecule has 1 aromatic rings. The van der Waals surface area contributed by atoms with E-state index in [9.17, 15) is 4.79 Å². The summed E-state index contributed by atoms with van der Waals surface area (Å²) in [6, 6.07) is 1.69. The summed E-state index contributed by atoms with van der Waals surface area (Å²) in [7, 11) is 1.32. The minimum atomic E-state index is -0.453. The van der Waals surface area contributed by atoms with Crippen molar-refractivity contribution in [3.8, 4) is 0 Å². The van der Waals surface area contributed by atoms with Crippen LogP contribution in [0.3, 0.4) is 0 Å². The molecule has 1 aromatic heterocycles. The van der Waals surface area contributed by atoms with Gasteiger partial charge < -0.3 is 4.74 Å². The summed E-state index contributed by atoms with van der Waals surface area (Å²) in [5.74, 6) is -0.0804. The lowest BCUT2D eigenvalue weighted by Crippen LogP contribution is -2.07. The molecule has 1 fully saturated rings. The molecule has 1 aliphatic rings. The number of ether oxygens (including phenoxy) is 1. The maximum absolute atomic E-state index is 11.5. The first-order chi connectivity index (χ1) is 7.13. The van der Waals surface area contributed by atoms with Crippen molar-refractivity contribution in [2.24, 2.45) is 0 Å². The van der Waals surface area contributed by atoms with Crippen LogP contribution in [0.1, 0.15) is 34.7 Å². The molecule has 2 rings (SSSR count). The van der Waals surface area contributed by atoms with Gasteiger partial charge in [0, 0.05) is 0 Å². The van der Waals surface area contributed by atoms with Crippen LogP contribution in [0.25, 0.3) is 0 Å². The molecule has 80 valence electrons. The topological polar surface area (TPSA) is 39.2 Å². The second-order valence-electron chi connectivity index (χ2n) is 3.47. The van der Waals surface area contributed by atoms with Gasteiger partial charge in [-0.2, -0.15) is 0 Å². The Morgan fingerprint density at radius 1 is 1.53 bits per heavy atom. The third-order valence-corrected chi connectivity index (χ3v) is 2.85. The van der Waals surface area contributed by atoms with Gasteiger partial charge in [0.05, 0.1) is 7.11 Å². The minimum absolute atomic E-state index is 0.122. The lowest BCUT2D eigenvalue weighted by molar-refractivity contribution is 0.0599. The molecular formula is C10H9Cl2NO2. The average molecular weight is 246 g/mol. The van der Waals surface area contributed by atoms with Crippen molar-refractivity contribution in [3.63, 3.8) is 0 Å². The molecule has 0 amide bonds. The molecule has 15 heavy (non-hydrogen) atoms. The fourth-order valence-electron chi connectivity index (χ4n) is 1.52. The molecule has 0 unspecified atom stereocenters. The Bertz CT molecular complexity index is 416. The number of halogens is 2. The molecule has 0 N–H and O–H groups in total. The van der Waals surface area contributed by atoms with Gasteiger partial charge in [-0.3, -0.25) is 0 Å². The van der Waals surface area contributed by atoms with Gasteiger partial charge in [0.25, 0.3) is 0 Å². The van der Waals surface area contributed by atoms with E-state index in [-0.39, 0.29) is 5.15 Å². The Balaban J connectivity index is 2.53. The highest BCUT2D eigenvalue weighted by molar-refractivity contribution is 6.34. The predicted octanol–water partition coefficient (Wildman–Crippen LogP) is 3.05. The average Bonchev–Trinajstić information content (AvgIpc) is 2.98. The van der Waals surface area contributed by atoms with Crippen LogP contribution >= 0.6 is 23.2 Å². The third-order valence-electron chi connectivity index (χ3n) is 2.38. The quantitative estimate of drug-likeness (QED) is 0.594. The number of esters is 1. The van der Waals surface area contributed by atoms with Crippen molar-refractivity contribution in [2.45, 2.75) is 18.8 Å². The van der Waals surface area contributed by atoms with Gasteiger partial charge in [0.1, 0.15) is 15.9 Å². The molecular weight excluding hydrogens is 237 g/mol. The molecule has 0 saturated heterocycles. The fourth-order valence-corrected chi connectivity index (χ4v) is 2.04. The summed E-state index contributed by atoms with van der Waals surface area (Å²) < 4.78 is 4.67. The molecule has 0 bridgehead atoms. The van der Waals surface area contributed by atoms with E-state index in [4.69, 9.17) is 23.2 Å². The number of nitrogens with zero attached hydrogens (tertiary/aromatic N) is 1. The zero-order chi connectivity index (χ0) is 11.0. The smallest absolute Gasteiger partial charge is 0.341 e. The van der Waals surface area contributed by atoms with E-state index in [1.54, 1.807) is 6.07 Å². The first-order valence-electron chi connectivity index (χ1n) is 4.57. The third kappa shape index (κ3) is 2.08. The molecule has 0 aliphatic heterocycles. The van der Waals surface area contributed by atoms with Crippen LogP contribution in [0.15, 0.2) is 6.07 Å². The Morgan fingerprint density at radius 2 is 2.20 bits per heavy atom. The van der Waals surface area contributed by atoms with Crippen LogP contribution in [0.5, 0.6) is 0 Å². The van der Waals surface area contributed by atoms with Crippen molar-refractivity contribution in [2.75, 3.05) is 7.11 Å². The number of aromatic nitrogens is 1. The van der Waals surface area contributed by atoms with E-state index in [1.165, 1.54) is 7.11 Å². The Labute approximate surface area is 97.4 Å². The highest BCUT2D eigenvalue weighted by Gasteiger charge is 2.31. The van der Waals surface area contributed by atoms with Crippen molar-refractivity contribution < 1.29 is 9.53 Å². The van der Waals surface area contributed by atoms with E-state index in [0.717, 1.165) is 18.4 Å². The number of methoxy groups -OCH3 is 1. The van der Waals surface area contributed by atoms with Crippen molar-refractivity contribution in [1.29, 1.82) is 0 Å². The van der Waals surface area contributed by atoms with Crippen LogP contribution in [0, 0.1) is 0 Å². The Hall–Kier alpha value is -0.800. The van der Waals surface area contributed by atoms with E-state index >= 15 is 0 Å². The van der Waals surface area contributed by atoms with Crippen molar-refractivity contribution in [1.82, 2.24) is 4.98 Å². The largest absolute Gasteiger partial charge is 0.465 e. The molecule has 3 nitrogen and oxygen atoms in total. The maximum Gasteiger partial charge on any atom is 0.341 e. The summed E-state index contributed by atoms with van der Waals surface area (Å²) >= 11 is 11.7. The van der Waals surface area contributed by atoms with Gasteiger partial charge in [0.15, 0.2) is 0 Å². The minimum Gasteiger partial charge on any atom is -0.465 e. The number of carbonyl (C=O) groups excluding carboxylic acids is 1. The van der Waals surface area contributed by atoms with E-state index in [1.807, 2.05) is 0 Å². The Morgan fingerprint density at radius 3 is 2.73 bits per heavy atom. The van der Waals surface area contributed by atoms with E-state index < -0.39 is 5.97 Å². The first-order valence-corrected chi connectivity index (χ1v) is 5.33. The van der Waals surface area contributed by atoms with Gasteiger partial charge >= 0.3 is 5.97 Å². The van der Waals surface area contributed by atoms with E-state index in [0.29, 0.717) is 16.6 Å². The number of hydrogen-bond acceptors (Lipinski definition) is 3. The van der Waals surface area contributed by atoms with Gasteiger partial charge in [-0.05, 0) is 30.4 Å². The van der Waals surface area contributed by atoms with Crippen LogP contribution in [-0.2, 0) is 4.74 Å². The molecule has 0 atom stereocenters. The van der Waals surface area contributed by atoms with Gasteiger partial charge in [-0.1, -0.05) is 23.2 Å². The predicted molar refractivity (Wildman–Crippen MR) is 57.6 cm³/mol. The lowest BCUT2D eigenvalue weighted by atomic mass is 10.1. The van der Waals surface area contributed by atoms with Gasteiger partial charge in [0.2, 0.25) is 0 Å². The molecule has 0 radical (unpaired) electrons. The zero-order valence-electron chi connectivity index (χ0n) is 8.09. The van der Waals surface area contributed by atoms with Crippen molar-refractivity contribution in [3.05, 3.63) is 27.5 Å². The van der Waals surface area contributed by atoms with Crippen LogP contribution in [0.2, 0.25) is 10.3 Å². The lowest BCUT2D eigenvalue weighted by Gasteiger charge is -2.08. The van der Waals surface area contributed by atoms with Gasteiger partial charge in [-0.15, -0.1) is 0 Å². The monoisotopic (exact) mass is 245 g/mol. The fraction of sp³-hybridized carbons (Fsp3) is 0.400. The molecule has 0 aromatic carbocycles. The number of hydrogen-bond donors (Lipinski definition) is 0. The van der Waals surface area contributed by atoms with Crippen LogP contribution < -0.4 is 0 Å². The first kappa shape index (κ1) is 10.7. The second kappa shape index (κ2) is 3.99. The maximum atomic E-state index is 11.5. The summed E-state index contributed by atoms with van der Waals surface area (Å²) in [4.78, 5) is 15.4. The SMILES string of the molecule is COC(=O)c1c(C2CC2)cc(Cl)nc1Cl. The normalized spacial score (nSPS) is 15.1. The van der Waals surface area contributed by atoms with Crippen LogP contribution in [-0.4, -0.2) is 18.1 Å². The van der Waals surface area contributed by atoms with Crippen molar-refractivity contribution >= 4 is 29.2 Å². The number of carbonyl (C=O) groups is 1. The van der Waals surface area contributed by atoms with Gasteiger partial charge in [-0.25, -0.2) is 9.78 Å². The second-order valence-corrected chi connectivity index (χ2v) is 4.21. The van der Waals surface area contributed by atoms with Crippen LogP contribution in [0.4, 0.5) is 0 Å². The number of pyridine rings is 1. The summed E-state index contributed by atoms with van der Waals surface area (Å²) in [5, 5.41) is 0.436. The molecule has 1 heterocycles.